The fourth-order valence-corrected chi connectivity index (χ4v) is 2.96. The fourth-order valence-electron chi connectivity index (χ4n) is 2.96. The number of rotatable bonds is 6. The number of benzene rings is 1. The van der Waals surface area contributed by atoms with Gasteiger partial charge >= 0.3 is 0 Å². The lowest BCUT2D eigenvalue weighted by molar-refractivity contribution is 0.0925. The Balaban J connectivity index is 1.94. The van der Waals surface area contributed by atoms with Crippen molar-refractivity contribution in [3.63, 3.8) is 0 Å². The molecular formula is C16H25NO3. The van der Waals surface area contributed by atoms with Crippen LogP contribution in [0.1, 0.15) is 37.3 Å². The summed E-state index contributed by atoms with van der Waals surface area (Å²) >= 11 is 0. The molecule has 0 bridgehead atoms. The topological polar surface area (TPSA) is 72.7 Å². The molecule has 0 heterocycles. The molecule has 0 amide bonds. The molecule has 4 N–H and O–H groups in total. The van der Waals surface area contributed by atoms with E-state index < -0.39 is 0 Å². The summed E-state index contributed by atoms with van der Waals surface area (Å²) in [6.07, 6.45) is 3.95. The number of aromatic hydroxyl groups is 2. The highest BCUT2D eigenvalue weighted by molar-refractivity contribution is 5.50. The largest absolute Gasteiger partial charge is 0.504 e. The summed E-state index contributed by atoms with van der Waals surface area (Å²) in [7, 11) is 0. The van der Waals surface area contributed by atoms with Gasteiger partial charge in [0.2, 0.25) is 0 Å². The lowest BCUT2D eigenvalue weighted by Gasteiger charge is -2.30. The van der Waals surface area contributed by atoms with Crippen molar-refractivity contribution in [2.24, 2.45) is 5.92 Å². The van der Waals surface area contributed by atoms with Crippen molar-refractivity contribution in [3.05, 3.63) is 23.3 Å². The minimum atomic E-state index is -0.349. The smallest absolute Gasteiger partial charge is 0.160 e. The van der Waals surface area contributed by atoms with Gasteiger partial charge in [-0.05, 0) is 62.7 Å². The molecule has 2 atom stereocenters. The molecule has 1 aromatic carbocycles. The number of aliphatic hydroxyl groups is 1. The molecule has 1 aliphatic rings. The summed E-state index contributed by atoms with van der Waals surface area (Å²) < 4.78 is 0. The Morgan fingerprint density at radius 3 is 2.75 bits per heavy atom. The van der Waals surface area contributed by atoms with Crippen molar-refractivity contribution in [2.75, 3.05) is 13.1 Å². The molecule has 0 saturated carbocycles. The van der Waals surface area contributed by atoms with Crippen molar-refractivity contribution < 1.29 is 15.3 Å². The minimum Gasteiger partial charge on any atom is -0.504 e. The van der Waals surface area contributed by atoms with Crippen molar-refractivity contribution in [3.8, 4) is 11.5 Å². The Hall–Kier alpha value is -1.26. The van der Waals surface area contributed by atoms with Gasteiger partial charge in [0.1, 0.15) is 0 Å². The Morgan fingerprint density at radius 2 is 2.00 bits per heavy atom. The zero-order valence-corrected chi connectivity index (χ0v) is 12.1. The number of phenolic OH excluding ortho intramolecular Hbond substituents is 2. The quantitative estimate of drug-likeness (QED) is 0.474. The lowest BCUT2D eigenvalue weighted by Crippen LogP contribution is -2.31. The number of fused-ring (bicyclic) bond motifs is 1. The van der Waals surface area contributed by atoms with Crippen LogP contribution in [-0.2, 0) is 12.8 Å². The molecule has 20 heavy (non-hydrogen) atoms. The Kier molecular flexibility index (Phi) is 5.26. The third-order valence-electron chi connectivity index (χ3n) is 4.15. The van der Waals surface area contributed by atoms with Crippen LogP contribution >= 0.6 is 0 Å². The van der Waals surface area contributed by atoms with Gasteiger partial charge in [-0.2, -0.15) is 0 Å². The summed E-state index contributed by atoms with van der Waals surface area (Å²) in [5, 5.41) is 33.1. The van der Waals surface area contributed by atoms with Crippen LogP contribution in [0.2, 0.25) is 0 Å². The summed E-state index contributed by atoms with van der Waals surface area (Å²) in [5.41, 5.74) is 1.76. The molecule has 0 saturated heterocycles. The van der Waals surface area contributed by atoms with E-state index in [1.165, 1.54) is 6.07 Å². The molecule has 0 aromatic heterocycles. The Labute approximate surface area is 120 Å². The lowest BCUT2D eigenvalue weighted by atomic mass is 9.79. The van der Waals surface area contributed by atoms with Crippen LogP contribution in [0.4, 0.5) is 0 Å². The van der Waals surface area contributed by atoms with Gasteiger partial charge < -0.3 is 20.6 Å². The number of aliphatic hydroxyl groups excluding tert-OH is 1. The SMILES string of the molecule is CCCNCCCC1Cc2c(ccc(O)c2O)CC1O. The molecule has 1 aromatic rings. The predicted molar refractivity (Wildman–Crippen MR) is 79.1 cm³/mol. The molecule has 112 valence electrons. The van der Waals surface area contributed by atoms with Crippen LogP contribution in [0.15, 0.2) is 12.1 Å². The molecular weight excluding hydrogens is 254 g/mol. The molecule has 2 rings (SSSR count). The third-order valence-corrected chi connectivity index (χ3v) is 4.15. The van der Waals surface area contributed by atoms with Crippen molar-refractivity contribution in [1.82, 2.24) is 5.32 Å². The van der Waals surface area contributed by atoms with Gasteiger partial charge in [-0.1, -0.05) is 13.0 Å². The van der Waals surface area contributed by atoms with E-state index in [0.717, 1.165) is 43.5 Å². The highest BCUT2D eigenvalue weighted by Crippen LogP contribution is 2.38. The van der Waals surface area contributed by atoms with Gasteiger partial charge in [-0.3, -0.25) is 0 Å². The molecule has 1 aliphatic carbocycles. The standard InChI is InChI=1S/C16H25NO3/c1-2-7-17-8-3-4-12-9-13-11(10-15(12)19)5-6-14(18)16(13)20/h5-6,12,15,17-20H,2-4,7-10H2,1H3. The van der Waals surface area contributed by atoms with Crippen molar-refractivity contribution in [1.29, 1.82) is 0 Å². The van der Waals surface area contributed by atoms with E-state index in [1.807, 2.05) is 0 Å². The second-order valence-electron chi connectivity index (χ2n) is 5.70. The van der Waals surface area contributed by atoms with E-state index in [1.54, 1.807) is 6.07 Å². The highest BCUT2D eigenvalue weighted by atomic mass is 16.3. The van der Waals surface area contributed by atoms with Crippen molar-refractivity contribution in [2.45, 2.75) is 45.1 Å². The normalized spacial score (nSPS) is 21.7. The maximum absolute atomic E-state index is 10.2. The van der Waals surface area contributed by atoms with Gasteiger partial charge in [0, 0.05) is 5.56 Å². The average molecular weight is 279 g/mol. The van der Waals surface area contributed by atoms with Gasteiger partial charge in [-0.25, -0.2) is 0 Å². The zero-order chi connectivity index (χ0) is 14.5. The molecule has 2 unspecified atom stereocenters. The average Bonchev–Trinajstić information content (AvgIpc) is 2.44. The predicted octanol–water partition coefficient (Wildman–Crippen LogP) is 1.95. The summed E-state index contributed by atoms with van der Waals surface area (Å²) in [6, 6.07) is 3.29. The molecule has 0 radical (unpaired) electrons. The van der Waals surface area contributed by atoms with Gasteiger partial charge in [-0.15, -0.1) is 0 Å². The summed E-state index contributed by atoms with van der Waals surface area (Å²) in [6.45, 7) is 4.14. The van der Waals surface area contributed by atoms with Gasteiger partial charge in [0.05, 0.1) is 6.10 Å². The summed E-state index contributed by atoms with van der Waals surface area (Å²) in [5.74, 6) is 0.0886. The van der Waals surface area contributed by atoms with E-state index in [-0.39, 0.29) is 23.5 Å². The molecule has 0 aliphatic heterocycles. The third kappa shape index (κ3) is 3.44. The van der Waals surface area contributed by atoms with E-state index >= 15 is 0 Å². The van der Waals surface area contributed by atoms with Crippen LogP contribution in [0.5, 0.6) is 11.5 Å². The van der Waals surface area contributed by atoms with Crippen LogP contribution in [-0.4, -0.2) is 34.5 Å². The van der Waals surface area contributed by atoms with Crippen LogP contribution < -0.4 is 5.32 Å². The van der Waals surface area contributed by atoms with E-state index in [2.05, 4.69) is 12.2 Å². The molecule has 0 spiro atoms. The van der Waals surface area contributed by atoms with Crippen LogP contribution in [0.3, 0.4) is 0 Å². The zero-order valence-electron chi connectivity index (χ0n) is 12.1. The van der Waals surface area contributed by atoms with Gasteiger partial charge in [0.15, 0.2) is 11.5 Å². The Morgan fingerprint density at radius 1 is 1.20 bits per heavy atom. The highest BCUT2D eigenvalue weighted by Gasteiger charge is 2.29. The number of hydrogen-bond donors (Lipinski definition) is 4. The number of hydrogen-bond acceptors (Lipinski definition) is 4. The first kappa shape index (κ1) is 15.1. The number of phenols is 2. The maximum atomic E-state index is 10.2. The molecule has 4 nitrogen and oxygen atoms in total. The Bertz CT molecular complexity index is 448. The first-order valence-electron chi connectivity index (χ1n) is 7.55. The number of nitrogens with one attached hydrogen (secondary N) is 1. The van der Waals surface area contributed by atoms with Crippen LogP contribution in [0, 0.1) is 5.92 Å². The molecule has 0 fully saturated rings. The monoisotopic (exact) mass is 279 g/mol. The minimum absolute atomic E-state index is 0.0106. The van der Waals surface area contributed by atoms with Gasteiger partial charge in [0.25, 0.3) is 0 Å². The first-order chi connectivity index (χ1) is 9.63. The van der Waals surface area contributed by atoms with E-state index in [4.69, 9.17) is 0 Å². The van der Waals surface area contributed by atoms with Crippen LogP contribution in [0.25, 0.3) is 0 Å². The summed E-state index contributed by atoms with van der Waals surface area (Å²) in [4.78, 5) is 0. The second kappa shape index (κ2) is 6.95. The van der Waals surface area contributed by atoms with E-state index in [0.29, 0.717) is 12.8 Å². The molecule has 4 heteroatoms. The van der Waals surface area contributed by atoms with E-state index in [9.17, 15) is 15.3 Å². The fraction of sp³-hybridized carbons (Fsp3) is 0.625. The second-order valence-corrected chi connectivity index (χ2v) is 5.70. The first-order valence-corrected chi connectivity index (χ1v) is 7.55. The van der Waals surface area contributed by atoms with Crippen molar-refractivity contribution >= 4 is 0 Å². The maximum Gasteiger partial charge on any atom is 0.160 e.